The lowest BCUT2D eigenvalue weighted by molar-refractivity contribution is -0.133. The lowest BCUT2D eigenvalue weighted by atomic mass is 9.93. The van der Waals surface area contributed by atoms with Crippen LogP contribution in [-0.2, 0) is 17.9 Å². The number of rotatable bonds is 8. The number of carbonyl (C=O) groups excluding carboxylic acids is 2. The van der Waals surface area contributed by atoms with Crippen molar-refractivity contribution in [3.05, 3.63) is 92.1 Å². The molecule has 1 aliphatic carbocycles. The molecule has 4 nitrogen and oxygen atoms in total. The second-order valence-corrected chi connectivity index (χ2v) is 10.6. The average Bonchev–Trinajstić information content (AvgIpc) is 3.35. The summed E-state index contributed by atoms with van der Waals surface area (Å²) in [4.78, 5) is 32.0. The fourth-order valence-electron chi connectivity index (χ4n) is 4.48. The van der Waals surface area contributed by atoms with Crippen molar-refractivity contribution < 1.29 is 9.59 Å². The molecule has 0 atom stereocenters. The minimum absolute atomic E-state index is 0.0308. The van der Waals surface area contributed by atoms with Gasteiger partial charge in [0.25, 0.3) is 5.91 Å². The van der Waals surface area contributed by atoms with Crippen LogP contribution in [0.25, 0.3) is 0 Å². The Hall–Kier alpha value is -2.34. The highest BCUT2D eigenvalue weighted by Crippen LogP contribution is 2.27. The van der Waals surface area contributed by atoms with Gasteiger partial charge in [-0.2, -0.15) is 0 Å². The molecule has 34 heavy (non-hydrogen) atoms. The first-order valence-corrected chi connectivity index (χ1v) is 13.2. The molecule has 1 aliphatic rings. The van der Waals surface area contributed by atoms with Gasteiger partial charge in [-0.3, -0.25) is 9.59 Å². The van der Waals surface area contributed by atoms with Crippen LogP contribution in [0.3, 0.4) is 0 Å². The number of hydrogen-bond acceptors (Lipinski definition) is 3. The van der Waals surface area contributed by atoms with Gasteiger partial charge in [0.15, 0.2) is 0 Å². The number of benzene rings is 2. The van der Waals surface area contributed by atoms with E-state index in [1.807, 2.05) is 52.7 Å². The highest BCUT2D eigenvalue weighted by atomic mass is 35.5. The Bertz CT molecular complexity index is 1080. The van der Waals surface area contributed by atoms with Crippen LogP contribution in [0.15, 0.2) is 66.0 Å². The predicted octanol–water partition coefficient (Wildman–Crippen LogP) is 7.06. The molecule has 178 valence electrons. The number of carbonyl (C=O) groups is 2. The van der Waals surface area contributed by atoms with Crippen LogP contribution in [0.5, 0.6) is 0 Å². The number of halogens is 2. The first-order valence-electron chi connectivity index (χ1n) is 11.6. The summed E-state index contributed by atoms with van der Waals surface area (Å²) in [5.74, 6) is -0.260. The highest BCUT2D eigenvalue weighted by Gasteiger charge is 2.30. The van der Waals surface area contributed by atoms with E-state index in [0.717, 1.165) is 42.5 Å². The molecule has 1 fully saturated rings. The molecular formula is C27H28Cl2N2O2S. The molecule has 0 N–H and O–H groups in total. The van der Waals surface area contributed by atoms with Crippen molar-refractivity contribution in [1.29, 1.82) is 0 Å². The monoisotopic (exact) mass is 514 g/mol. The summed E-state index contributed by atoms with van der Waals surface area (Å²) in [5.41, 5.74) is 1.48. The molecule has 2 amide bonds. The molecule has 3 aromatic rings. The molecule has 7 heteroatoms. The molecule has 1 saturated carbocycles. The van der Waals surface area contributed by atoms with Gasteiger partial charge in [0, 0.05) is 33.1 Å². The minimum atomic E-state index is -0.194. The number of thiophene rings is 1. The molecule has 0 radical (unpaired) electrons. The SMILES string of the molecule is O=C(CN(C(=O)c1cc(Cl)cc(Cl)c1)C1CCCCC1)N(Cc1ccccc1)Cc1cccs1. The third-order valence-electron chi connectivity index (χ3n) is 6.19. The minimum Gasteiger partial charge on any atom is -0.332 e. The van der Waals surface area contributed by atoms with Crippen molar-refractivity contribution in [1.82, 2.24) is 9.80 Å². The second kappa shape index (κ2) is 11.9. The Morgan fingerprint density at radius 3 is 2.24 bits per heavy atom. The van der Waals surface area contributed by atoms with Crippen LogP contribution in [0, 0.1) is 0 Å². The summed E-state index contributed by atoms with van der Waals surface area (Å²) in [5, 5.41) is 2.84. The van der Waals surface area contributed by atoms with Gasteiger partial charge in [0.05, 0.1) is 6.54 Å². The average molecular weight is 516 g/mol. The molecule has 0 aliphatic heterocycles. The Morgan fingerprint density at radius 1 is 0.882 bits per heavy atom. The van der Waals surface area contributed by atoms with Crippen molar-refractivity contribution in [2.75, 3.05) is 6.54 Å². The highest BCUT2D eigenvalue weighted by molar-refractivity contribution is 7.09. The quantitative estimate of drug-likeness (QED) is 0.322. The maximum absolute atomic E-state index is 13.7. The molecule has 0 unspecified atom stereocenters. The fraction of sp³-hybridized carbons (Fsp3) is 0.333. The van der Waals surface area contributed by atoms with Crippen molar-refractivity contribution in [3.63, 3.8) is 0 Å². The zero-order valence-corrected chi connectivity index (χ0v) is 21.3. The van der Waals surface area contributed by atoms with E-state index in [-0.39, 0.29) is 24.4 Å². The maximum Gasteiger partial charge on any atom is 0.254 e. The predicted molar refractivity (Wildman–Crippen MR) is 139 cm³/mol. The summed E-state index contributed by atoms with van der Waals surface area (Å²) in [6, 6.07) is 18.9. The van der Waals surface area contributed by atoms with Crippen molar-refractivity contribution in [2.24, 2.45) is 0 Å². The number of amides is 2. The normalized spacial score (nSPS) is 14.1. The van der Waals surface area contributed by atoms with Crippen LogP contribution in [-0.4, -0.2) is 34.2 Å². The molecule has 0 bridgehead atoms. The smallest absolute Gasteiger partial charge is 0.254 e. The molecule has 1 aromatic heterocycles. The summed E-state index contributed by atoms with van der Waals surface area (Å²) >= 11 is 14.0. The Morgan fingerprint density at radius 2 is 1.59 bits per heavy atom. The molecule has 0 spiro atoms. The van der Waals surface area contributed by atoms with E-state index in [2.05, 4.69) is 0 Å². The van der Waals surface area contributed by atoms with Crippen molar-refractivity contribution >= 4 is 46.4 Å². The van der Waals surface area contributed by atoms with E-state index in [0.29, 0.717) is 28.7 Å². The van der Waals surface area contributed by atoms with Crippen LogP contribution in [0.4, 0.5) is 0 Å². The van der Waals surface area contributed by atoms with E-state index in [4.69, 9.17) is 23.2 Å². The Labute approximate surface area is 215 Å². The van der Waals surface area contributed by atoms with Gasteiger partial charge < -0.3 is 9.80 Å². The molecule has 2 aromatic carbocycles. The lowest BCUT2D eigenvalue weighted by Gasteiger charge is -2.35. The summed E-state index contributed by atoms with van der Waals surface area (Å²) in [6.45, 7) is 1.04. The standard InChI is InChI=1S/C27H28Cl2N2O2S/c28-22-14-21(15-23(29)16-22)27(33)31(24-10-5-2-6-11-24)19-26(32)30(18-25-12-7-13-34-25)17-20-8-3-1-4-9-20/h1,3-4,7-9,12-16,24H,2,5-6,10-11,17-19H2. The number of hydrogen-bond donors (Lipinski definition) is 0. The summed E-state index contributed by atoms with van der Waals surface area (Å²) in [6.07, 6.45) is 5.07. The van der Waals surface area contributed by atoms with E-state index in [1.54, 1.807) is 34.4 Å². The van der Waals surface area contributed by atoms with Crippen LogP contribution >= 0.6 is 34.5 Å². The van der Waals surface area contributed by atoms with Gasteiger partial charge in [0.1, 0.15) is 6.54 Å². The molecule has 1 heterocycles. The van der Waals surface area contributed by atoms with Gasteiger partial charge >= 0.3 is 0 Å². The van der Waals surface area contributed by atoms with Crippen LogP contribution in [0.1, 0.15) is 52.9 Å². The Kier molecular flexibility index (Phi) is 8.65. The van der Waals surface area contributed by atoms with Crippen molar-refractivity contribution in [3.8, 4) is 0 Å². The van der Waals surface area contributed by atoms with Crippen molar-refractivity contribution in [2.45, 2.75) is 51.2 Å². The van der Waals surface area contributed by atoms with Gasteiger partial charge in [-0.1, -0.05) is 78.9 Å². The van der Waals surface area contributed by atoms with E-state index < -0.39 is 0 Å². The van der Waals surface area contributed by atoms with E-state index in [1.165, 1.54) is 0 Å². The van der Waals surface area contributed by atoms with Gasteiger partial charge in [-0.15, -0.1) is 11.3 Å². The van der Waals surface area contributed by atoms with E-state index >= 15 is 0 Å². The zero-order valence-electron chi connectivity index (χ0n) is 19.0. The van der Waals surface area contributed by atoms with E-state index in [9.17, 15) is 9.59 Å². The van der Waals surface area contributed by atoms with Crippen LogP contribution < -0.4 is 0 Å². The lowest BCUT2D eigenvalue weighted by Crippen LogP contribution is -2.48. The van der Waals surface area contributed by atoms with Gasteiger partial charge in [-0.25, -0.2) is 0 Å². The third-order valence-corrected chi connectivity index (χ3v) is 7.48. The van der Waals surface area contributed by atoms with Crippen LogP contribution in [0.2, 0.25) is 10.0 Å². The first kappa shape index (κ1) is 24.8. The third kappa shape index (κ3) is 6.62. The van der Waals surface area contributed by atoms with Gasteiger partial charge in [-0.05, 0) is 48.1 Å². The summed E-state index contributed by atoms with van der Waals surface area (Å²) < 4.78 is 0. The first-order chi connectivity index (χ1) is 16.5. The largest absolute Gasteiger partial charge is 0.332 e. The molecule has 4 rings (SSSR count). The topological polar surface area (TPSA) is 40.6 Å². The van der Waals surface area contributed by atoms with Gasteiger partial charge in [0.2, 0.25) is 5.91 Å². The fourth-order valence-corrected chi connectivity index (χ4v) is 5.72. The summed E-state index contributed by atoms with van der Waals surface area (Å²) in [7, 11) is 0. The Balaban J connectivity index is 1.59. The molecular weight excluding hydrogens is 487 g/mol. The number of nitrogens with zero attached hydrogens (tertiary/aromatic N) is 2. The zero-order chi connectivity index (χ0) is 23.9. The maximum atomic E-state index is 13.7. The second-order valence-electron chi connectivity index (χ2n) is 8.70. The molecule has 0 saturated heterocycles.